The number of amides is 1. The molecule has 0 spiro atoms. The Morgan fingerprint density at radius 2 is 2.19 bits per heavy atom. The maximum Gasteiger partial charge on any atom is 0.260 e. The zero-order valence-electron chi connectivity index (χ0n) is 15.3. The highest BCUT2D eigenvalue weighted by Gasteiger charge is 2.48. The van der Waals surface area contributed by atoms with E-state index in [4.69, 9.17) is 0 Å². The van der Waals surface area contributed by atoms with Crippen molar-refractivity contribution >= 4 is 16.8 Å². The molecule has 1 saturated carbocycles. The number of likely N-dealkylation sites (tertiary alicyclic amines) is 1. The van der Waals surface area contributed by atoms with Gasteiger partial charge in [-0.15, -0.1) is 0 Å². The highest BCUT2D eigenvalue weighted by atomic mass is 16.3. The van der Waals surface area contributed by atoms with E-state index < -0.39 is 5.60 Å². The van der Waals surface area contributed by atoms with Crippen LogP contribution in [0.25, 0.3) is 10.9 Å². The van der Waals surface area contributed by atoms with Gasteiger partial charge in [-0.25, -0.2) is 4.98 Å². The van der Waals surface area contributed by atoms with Crippen LogP contribution < -0.4 is 5.56 Å². The van der Waals surface area contributed by atoms with E-state index in [1.165, 1.54) is 10.9 Å². The van der Waals surface area contributed by atoms with Crippen molar-refractivity contribution in [3.63, 3.8) is 0 Å². The number of benzene rings is 1. The summed E-state index contributed by atoms with van der Waals surface area (Å²) in [4.78, 5) is 31.3. The first-order valence-electron chi connectivity index (χ1n) is 9.40. The molecule has 0 bridgehead atoms. The van der Waals surface area contributed by atoms with Gasteiger partial charge in [0.25, 0.3) is 11.5 Å². The van der Waals surface area contributed by atoms with Crippen molar-refractivity contribution in [3.05, 3.63) is 40.4 Å². The summed E-state index contributed by atoms with van der Waals surface area (Å²) in [6, 6.07) is 5.10. The van der Waals surface area contributed by atoms with Crippen LogP contribution in [0.1, 0.15) is 43.0 Å². The number of rotatable bonds is 2. The quantitative estimate of drug-likeness (QED) is 0.893. The fourth-order valence-electron chi connectivity index (χ4n) is 4.76. The van der Waals surface area contributed by atoms with Gasteiger partial charge < -0.3 is 14.6 Å². The molecule has 1 amide bonds. The molecule has 1 aliphatic heterocycles. The Bertz CT molecular complexity index is 922. The summed E-state index contributed by atoms with van der Waals surface area (Å²) in [5.41, 5.74) is 0.335. The van der Waals surface area contributed by atoms with Gasteiger partial charge in [-0.3, -0.25) is 9.59 Å². The summed E-state index contributed by atoms with van der Waals surface area (Å²) in [7, 11) is 1.66. The molecule has 2 fully saturated rings. The molecular formula is C20H25N3O3. The second-order valence-corrected chi connectivity index (χ2v) is 7.82. The van der Waals surface area contributed by atoms with Gasteiger partial charge in [-0.1, -0.05) is 13.3 Å². The van der Waals surface area contributed by atoms with Gasteiger partial charge in [0, 0.05) is 31.6 Å². The molecule has 1 aliphatic carbocycles. The van der Waals surface area contributed by atoms with Gasteiger partial charge in [0.2, 0.25) is 0 Å². The van der Waals surface area contributed by atoms with Crippen molar-refractivity contribution < 1.29 is 9.90 Å². The lowest BCUT2D eigenvalue weighted by molar-refractivity contribution is -0.0609. The molecule has 6 nitrogen and oxygen atoms in total. The van der Waals surface area contributed by atoms with Gasteiger partial charge in [0.15, 0.2) is 0 Å². The zero-order valence-corrected chi connectivity index (χ0v) is 15.3. The zero-order chi connectivity index (χ0) is 18.5. The third kappa shape index (κ3) is 2.63. The number of hydrogen-bond donors (Lipinski definition) is 1. The number of carbonyl (C=O) groups excluding carboxylic acids is 1. The van der Waals surface area contributed by atoms with Crippen LogP contribution in [0.5, 0.6) is 0 Å². The van der Waals surface area contributed by atoms with Crippen molar-refractivity contribution in [2.75, 3.05) is 13.1 Å². The molecule has 26 heavy (non-hydrogen) atoms. The third-order valence-electron chi connectivity index (χ3n) is 6.38. The molecule has 6 heteroatoms. The highest BCUT2D eigenvalue weighted by molar-refractivity contribution is 5.97. The van der Waals surface area contributed by atoms with Crippen LogP contribution in [0, 0.1) is 11.8 Å². The Morgan fingerprint density at radius 1 is 1.38 bits per heavy atom. The number of nitrogens with zero attached hydrogens (tertiary/aromatic N) is 3. The van der Waals surface area contributed by atoms with Crippen LogP contribution >= 0.6 is 0 Å². The first kappa shape index (κ1) is 17.2. The molecule has 2 aliphatic rings. The van der Waals surface area contributed by atoms with Gasteiger partial charge in [0.1, 0.15) is 0 Å². The lowest BCUT2D eigenvalue weighted by Crippen LogP contribution is -2.44. The summed E-state index contributed by atoms with van der Waals surface area (Å²) in [5, 5.41) is 11.4. The predicted molar refractivity (Wildman–Crippen MR) is 99.0 cm³/mol. The van der Waals surface area contributed by atoms with E-state index in [9.17, 15) is 14.7 Å². The number of hydrogen-bond acceptors (Lipinski definition) is 4. The van der Waals surface area contributed by atoms with Crippen LogP contribution in [-0.2, 0) is 7.05 Å². The second kappa shape index (κ2) is 6.20. The molecule has 0 unspecified atom stereocenters. The normalized spacial score (nSPS) is 28.3. The SMILES string of the molecule is CC[C@]1(O)CCC[C@H]2CN(C(=O)c3ccc4c(=O)n(C)cnc4c3)C[C@H]21. The summed E-state index contributed by atoms with van der Waals surface area (Å²) >= 11 is 0. The predicted octanol–water partition coefficient (Wildman–Crippen LogP) is 1.95. The molecule has 2 heterocycles. The molecule has 1 aromatic heterocycles. The van der Waals surface area contributed by atoms with Gasteiger partial charge in [0.05, 0.1) is 22.8 Å². The lowest BCUT2D eigenvalue weighted by Gasteiger charge is -2.40. The summed E-state index contributed by atoms with van der Waals surface area (Å²) < 4.78 is 1.43. The number of aromatic nitrogens is 2. The fourth-order valence-corrected chi connectivity index (χ4v) is 4.76. The standard InChI is InChI=1S/C20H25N3O3/c1-3-20(26)8-4-5-14-10-23(11-16(14)20)18(24)13-6-7-15-17(9-13)21-12-22(2)19(15)25/h6-7,9,12,14,16,26H,3-5,8,10-11H2,1-2H3/t14-,16+,20-/m0/s1. The van der Waals surface area contributed by atoms with Crippen LogP contribution in [0.3, 0.4) is 0 Å². The Kier molecular flexibility index (Phi) is 4.10. The van der Waals surface area contributed by atoms with Crippen molar-refractivity contribution in [1.82, 2.24) is 14.5 Å². The van der Waals surface area contributed by atoms with Crippen LogP contribution in [0.15, 0.2) is 29.3 Å². The first-order chi connectivity index (χ1) is 12.4. The number of carbonyl (C=O) groups is 1. The summed E-state index contributed by atoms with van der Waals surface area (Å²) in [5.74, 6) is 0.502. The maximum absolute atomic E-state index is 13.0. The van der Waals surface area contributed by atoms with E-state index in [0.717, 1.165) is 25.7 Å². The second-order valence-electron chi connectivity index (χ2n) is 7.82. The summed E-state index contributed by atoms with van der Waals surface area (Å²) in [6.45, 7) is 3.34. The average Bonchev–Trinajstić information content (AvgIpc) is 3.10. The lowest BCUT2D eigenvalue weighted by atomic mass is 9.69. The molecule has 0 radical (unpaired) electrons. The van der Waals surface area contributed by atoms with Gasteiger partial charge in [-0.2, -0.15) is 0 Å². The topological polar surface area (TPSA) is 75.4 Å². The largest absolute Gasteiger partial charge is 0.390 e. The third-order valence-corrected chi connectivity index (χ3v) is 6.38. The Morgan fingerprint density at radius 3 is 2.96 bits per heavy atom. The van der Waals surface area contributed by atoms with E-state index >= 15 is 0 Å². The summed E-state index contributed by atoms with van der Waals surface area (Å²) in [6.07, 6.45) is 5.14. The van der Waals surface area contributed by atoms with Crippen LogP contribution in [0.4, 0.5) is 0 Å². The van der Waals surface area contributed by atoms with E-state index in [1.54, 1.807) is 25.2 Å². The van der Waals surface area contributed by atoms with Crippen molar-refractivity contribution in [1.29, 1.82) is 0 Å². The van der Waals surface area contributed by atoms with E-state index in [-0.39, 0.29) is 17.4 Å². The molecule has 138 valence electrons. The minimum absolute atomic E-state index is 0.0396. The molecule has 2 aromatic rings. The highest BCUT2D eigenvalue weighted by Crippen LogP contribution is 2.44. The maximum atomic E-state index is 13.0. The van der Waals surface area contributed by atoms with Gasteiger partial charge in [-0.05, 0) is 43.4 Å². The minimum Gasteiger partial charge on any atom is -0.390 e. The van der Waals surface area contributed by atoms with Crippen molar-refractivity contribution in [2.24, 2.45) is 18.9 Å². The smallest absolute Gasteiger partial charge is 0.260 e. The fraction of sp³-hybridized carbons (Fsp3) is 0.550. The number of fused-ring (bicyclic) bond motifs is 2. The molecule has 3 atom stereocenters. The molecule has 1 saturated heterocycles. The Balaban J connectivity index is 1.61. The molecular weight excluding hydrogens is 330 g/mol. The van der Waals surface area contributed by atoms with Gasteiger partial charge >= 0.3 is 0 Å². The van der Waals surface area contributed by atoms with Crippen molar-refractivity contribution in [2.45, 2.75) is 38.2 Å². The monoisotopic (exact) mass is 355 g/mol. The van der Waals surface area contributed by atoms with Crippen LogP contribution in [-0.4, -0.2) is 44.2 Å². The van der Waals surface area contributed by atoms with E-state index in [1.807, 2.05) is 11.8 Å². The van der Waals surface area contributed by atoms with E-state index in [2.05, 4.69) is 4.98 Å². The first-order valence-corrected chi connectivity index (χ1v) is 9.40. The Labute approximate surface area is 152 Å². The van der Waals surface area contributed by atoms with Crippen molar-refractivity contribution in [3.8, 4) is 0 Å². The molecule has 1 N–H and O–H groups in total. The average molecular weight is 355 g/mol. The van der Waals surface area contributed by atoms with E-state index in [0.29, 0.717) is 35.5 Å². The van der Waals surface area contributed by atoms with Crippen LogP contribution in [0.2, 0.25) is 0 Å². The Hall–Kier alpha value is -2.21. The molecule has 4 rings (SSSR count). The number of aryl methyl sites for hydroxylation is 1. The minimum atomic E-state index is -0.644. The molecule has 1 aromatic carbocycles. The number of aliphatic hydroxyl groups is 1.